The summed E-state index contributed by atoms with van der Waals surface area (Å²) in [6, 6.07) is 9.68. The maximum absolute atomic E-state index is 13.7. The summed E-state index contributed by atoms with van der Waals surface area (Å²) in [4.78, 5) is 1.38. The lowest BCUT2D eigenvalue weighted by Gasteiger charge is -2.20. The van der Waals surface area contributed by atoms with Crippen LogP contribution < -0.4 is 5.32 Å². The first-order valence-electron chi connectivity index (χ1n) is 6.92. The maximum Gasteiger partial charge on any atom is 0.137 e. The van der Waals surface area contributed by atoms with Crippen LogP contribution in [0.4, 0.5) is 4.39 Å². The number of rotatable bonds is 7. The van der Waals surface area contributed by atoms with Gasteiger partial charge >= 0.3 is 0 Å². The molecule has 1 unspecified atom stereocenters. The normalized spacial score (nSPS) is 12.6. The van der Waals surface area contributed by atoms with Crippen molar-refractivity contribution in [1.29, 1.82) is 0 Å². The fourth-order valence-electron chi connectivity index (χ4n) is 2.22. The second-order valence-electron chi connectivity index (χ2n) is 4.77. The molecule has 1 aromatic heterocycles. The van der Waals surface area contributed by atoms with Crippen molar-refractivity contribution in [3.63, 3.8) is 0 Å². The Kier molecular flexibility index (Phi) is 6.20. The summed E-state index contributed by atoms with van der Waals surface area (Å²) in [7, 11) is 0. The number of halogens is 2. The summed E-state index contributed by atoms with van der Waals surface area (Å²) in [6.07, 6.45) is 3.06. The molecule has 0 saturated heterocycles. The van der Waals surface area contributed by atoms with Gasteiger partial charge in [-0.3, -0.25) is 0 Å². The quantitative estimate of drug-likeness (QED) is 0.708. The van der Waals surface area contributed by atoms with Crippen LogP contribution in [0.15, 0.2) is 40.2 Å². The second-order valence-corrected chi connectivity index (χ2v) is 6.59. The highest BCUT2D eigenvalue weighted by atomic mass is 79.9. The largest absolute Gasteiger partial charge is 0.310 e. The minimum atomic E-state index is -0.193. The van der Waals surface area contributed by atoms with Crippen LogP contribution in [-0.4, -0.2) is 6.54 Å². The van der Waals surface area contributed by atoms with Crippen molar-refractivity contribution in [2.75, 3.05) is 6.54 Å². The highest BCUT2D eigenvalue weighted by Gasteiger charge is 2.16. The van der Waals surface area contributed by atoms with E-state index < -0.39 is 0 Å². The van der Waals surface area contributed by atoms with Crippen LogP contribution in [0, 0.1) is 5.82 Å². The molecule has 0 aliphatic rings. The first-order chi connectivity index (χ1) is 9.72. The molecule has 4 heteroatoms. The molecule has 0 fully saturated rings. The van der Waals surface area contributed by atoms with Crippen LogP contribution in [0.3, 0.4) is 0 Å². The van der Waals surface area contributed by atoms with Crippen molar-refractivity contribution in [3.8, 4) is 0 Å². The number of benzene rings is 1. The lowest BCUT2D eigenvalue weighted by Crippen LogP contribution is -2.23. The van der Waals surface area contributed by atoms with Gasteiger partial charge in [-0.2, -0.15) is 0 Å². The summed E-state index contributed by atoms with van der Waals surface area (Å²) in [6.45, 7) is 3.09. The maximum atomic E-state index is 13.7. The van der Waals surface area contributed by atoms with Crippen LogP contribution in [0.5, 0.6) is 0 Å². The van der Waals surface area contributed by atoms with E-state index >= 15 is 0 Å². The van der Waals surface area contributed by atoms with Gasteiger partial charge in [-0.15, -0.1) is 11.3 Å². The zero-order chi connectivity index (χ0) is 14.4. The molecule has 0 aliphatic heterocycles. The molecule has 0 saturated carbocycles. The predicted molar refractivity (Wildman–Crippen MR) is 87.8 cm³/mol. The van der Waals surface area contributed by atoms with Gasteiger partial charge < -0.3 is 5.32 Å². The lowest BCUT2D eigenvalue weighted by atomic mass is 10.0. The zero-order valence-corrected chi connectivity index (χ0v) is 13.9. The number of hydrogen-bond donors (Lipinski definition) is 1. The molecule has 1 aromatic carbocycles. The van der Waals surface area contributed by atoms with Crippen LogP contribution in [0.1, 0.15) is 36.2 Å². The molecule has 0 spiro atoms. The van der Waals surface area contributed by atoms with Gasteiger partial charge in [-0.05, 0) is 64.8 Å². The molecule has 2 aromatic rings. The van der Waals surface area contributed by atoms with Gasteiger partial charge in [0, 0.05) is 10.9 Å². The molecule has 2 rings (SSSR count). The second kappa shape index (κ2) is 7.91. The Hall–Kier alpha value is -0.710. The van der Waals surface area contributed by atoms with Crippen molar-refractivity contribution < 1.29 is 4.39 Å². The lowest BCUT2D eigenvalue weighted by molar-refractivity contribution is 0.494. The molecule has 1 heterocycles. The van der Waals surface area contributed by atoms with Gasteiger partial charge in [0.2, 0.25) is 0 Å². The average Bonchev–Trinajstić information content (AvgIpc) is 2.96. The fourth-order valence-corrected chi connectivity index (χ4v) is 3.48. The van der Waals surface area contributed by atoms with Crippen molar-refractivity contribution in [2.24, 2.45) is 0 Å². The standard InChI is InChI=1S/C16H19BrFNS/c1-2-10-19-15(9-8-12-5-4-11-20-12)13-6-3-7-14(18)16(13)17/h3-7,11,15,19H,2,8-10H2,1H3. The molecule has 0 aliphatic carbocycles. The third-order valence-corrected chi connectivity index (χ3v) is 5.03. The van der Waals surface area contributed by atoms with E-state index in [0.29, 0.717) is 4.47 Å². The van der Waals surface area contributed by atoms with Gasteiger partial charge in [0.05, 0.1) is 4.47 Å². The van der Waals surface area contributed by atoms with E-state index in [0.717, 1.165) is 31.4 Å². The van der Waals surface area contributed by atoms with Gasteiger partial charge in [0.1, 0.15) is 5.82 Å². The topological polar surface area (TPSA) is 12.0 Å². The van der Waals surface area contributed by atoms with Crippen LogP contribution in [0.25, 0.3) is 0 Å². The van der Waals surface area contributed by atoms with E-state index in [1.54, 1.807) is 17.4 Å². The SMILES string of the molecule is CCCNC(CCc1cccs1)c1cccc(F)c1Br. The van der Waals surface area contributed by atoms with Crippen LogP contribution in [0.2, 0.25) is 0 Å². The van der Waals surface area contributed by atoms with Crippen LogP contribution in [-0.2, 0) is 6.42 Å². The summed E-state index contributed by atoms with van der Waals surface area (Å²) in [5, 5.41) is 5.62. The number of aryl methyl sites for hydroxylation is 1. The molecular weight excluding hydrogens is 337 g/mol. The minimum absolute atomic E-state index is 0.183. The Bertz CT molecular complexity index is 527. The molecule has 0 bridgehead atoms. The Morgan fingerprint density at radius 3 is 2.85 bits per heavy atom. The van der Waals surface area contributed by atoms with Gasteiger partial charge in [-0.25, -0.2) is 4.39 Å². The van der Waals surface area contributed by atoms with Crippen molar-refractivity contribution in [2.45, 2.75) is 32.2 Å². The smallest absolute Gasteiger partial charge is 0.137 e. The van der Waals surface area contributed by atoms with E-state index in [2.05, 4.69) is 45.7 Å². The Morgan fingerprint density at radius 1 is 1.30 bits per heavy atom. The van der Waals surface area contributed by atoms with Gasteiger partial charge in [0.25, 0.3) is 0 Å². The zero-order valence-electron chi connectivity index (χ0n) is 11.5. The minimum Gasteiger partial charge on any atom is -0.310 e. The van der Waals surface area contributed by atoms with Crippen molar-refractivity contribution >= 4 is 27.3 Å². The molecule has 1 nitrogen and oxygen atoms in total. The molecule has 0 amide bonds. The summed E-state index contributed by atoms with van der Waals surface area (Å²) >= 11 is 5.16. The van der Waals surface area contributed by atoms with Gasteiger partial charge in [0.15, 0.2) is 0 Å². The van der Waals surface area contributed by atoms with Gasteiger partial charge in [-0.1, -0.05) is 25.1 Å². The summed E-state index contributed by atoms with van der Waals surface area (Å²) in [5.74, 6) is -0.193. The molecular formula is C16H19BrFNS. The van der Waals surface area contributed by atoms with E-state index in [-0.39, 0.29) is 11.9 Å². The fraction of sp³-hybridized carbons (Fsp3) is 0.375. The average molecular weight is 356 g/mol. The van der Waals surface area contributed by atoms with Crippen molar-refractivity contribution in [3.05, 3.63) is 56.4 Å². The Labute approximate surface area is 132 Å². The highest BCUT2D eigenvalue weighted by Crippen LogP contribution is 2.29. The molecule has 1 N–H and O–H groups in total. The van der Waals surface area contributed by atoms with E-state index in [1.165, 1.54) is 10.9 Å². The first kappa shape index (κ1) is 15.7. The van der Waals surface area contributed by atoms with E-state index in [9.17, 15) is 4.39 Å². The third-order valence-electron chi connectivity index (χ3n) is 3.26. The highest BCUT2D eigenvalue weighted by molar-refractivity contribution is 9.10. The number of nitrogens with one attached hydrogen (secondary N) is 1. The first-order valence-corrected chi connectivity index (χ1v) is 8.59. The number of hydrogen-bond acceptors (Lipinski definition) is 2. The third kappa shape index (κ3) is 4.14. The monoisotopic (exact) mass is 355 g/mol. The molecule has 108 valence electrons. The Morgan fingerprint density at radius 2 is 2.15 bits per heavy atom. The van der Waals surface area contributed by atoms with Crippen molar-refractivity contribution in [1.82, 2.24) is 5.32 Å². The Balaban J connectivity index is 2.11. The number of thiophene rings is 1. The van der Waals surface area contributed by atoms with E-state index in [1.807, 2.05) is 6.07 Å². The molecule has 0 radical (unpaired) electrons. The summed E-state index contributed by atoms with van der Waals surface area (Å²) in [5.41, 5.74) is 1.01. The van der Waals surface area contributed by atoms with E-state index in [4.69, 9.17) is 0 Å². The predicted octanol–water partition coefficient (Wildman–Crippen LogP) is 5.32. The summed E-state index contributed by atoms with van der Waals surface area (Å²) < 4.78 is 14.3. The van der Waals surface area contributed by atoms with Crippen LogP contribution >= 0.6 is 27.3 Å². The molecule has 20 heavy (non-hydrogen) atoms. The molecule has 1 atom stereocenters.